The molecule has 0 saturated heterocycles. The van der Waals surface area contributed by atoms with Crippen LogP contribution in [0.4, 0.5) is 34.1 Å². The molecule has 4 nitrogen and oxygen atoms in total. The van der Waals surface area contributed by atoms with Crippen molar-refractivity contribution in [3.05, 3.63) is 191 Å². The minimum Gasteiger partial charge on any atom is -0.454 e. The van der Waals surface area contributed by atoms with Gasteiger partial charge in [-0.1, -0.05) is 137 Å². The fourth-order valence-electron chi connectivity index (χ4n) is 10.6. The van der Waals surface area contributed by atoms with Crippen molar-refractivity contribution in [2.24, 2.45) is 0 Å². The van der Waals surface area contributed by atoms with Gasteiger partial charge in [0.05, 0.1) is 22.7 Å². The number of fused-ring (bicyclic) bond motifs is 6. The molecule has 10 aromatic carbocycles. The fraction of sp³-hybridized carbons (Fsp3) is 0.161. The number of hydrogen-bond donors (Lipinski definition) is 0. The molecule has 0 aliphatic rings. The maximum atomic E-state index is 7.03. The lowest BCUT2D eigenvalue weighted by atomic mass is 9.91. The minimum atomic E-state index is 0.325. The maximum Gasteiger partial charge on any atom is 0.159 e. The Bertz CT molecular complexity index is 3650. The molecular formula is C62H52N2O2. The Hall–Kier alpha value is -7.56. The summed E-state index contributed by atoms with van der Waals surface area (Å²) in [5, 5.41) is 11.8. The van der Waals surface area contributed by atoms with Crippen LogP contribution in [0.15, 0.2) is 167 Å². The van der Waals surface area contributed by atoms with E-state index in [4.69, 9.17) is 8.83 Å². The monoisotopic (exact) mass is 856 g/mol. The van der Waals surface area contributed by atoms with Gasteiger partial charge in [0.2, 0.25) is 0 Å². The molecule has 12 rings (SSSR count). The van der Waals surface area contributed by atoms with E-state index in [1.165, 1.54) is 65.7 Å². The zero-order valence-corrected chi connectivity index (χ0v) is 38.9. The van der Waals surface area contributed by atoms with Crippen LogP contribution in [0.3, 0.4) is 0 Å². The van der Waals surface area contributed by atoms with Gasteiger partial charge in [0.15, 0.2) is 11.2 Å². The largest absolute Gasteiger partial charge is 0.454 e. The minimum absolute atomic E-state index is 0.325. The summed E-state index contributed by atoms with van der Waals surface area (Å²) in [6.07, 6.45) is 0. The van der Waals surface area contributed by atoms with Gasteiger partial charge in [-0.15, -0.1) is 0 Å². The second kappa shape index (κ2) is 15.0. The zero-order valence-electron chi connectivity index (χ0n) is 38.9. The van der Waals surface area contributed by atoms with Crippen molar-refractivity contribution in [1.29, 1.82) is 0 Å². The molecule has 2 heterocycles. The highest BCUT2D eigenvalue weighted by Crippen LogP contribution is 2.51. The van der Waals surface area contributed by atoms with Crippen molar-refractivity contribution in [3.8, 4) is 0 Å². The van der Waals surface area contributed by atoms with Crippen LogP contribution in [0, 0.1) is 27.7 Å². The van der Waals surface area contributed by atoms with Crippen LogP contribution in [0.25, 0.3) is 76.2 Å². The first kappa shape index (κ1) is 40.0. The van der Waals surface area contributed by atoms with Crippen molar-refractivity contribution in [1.82, 2.24) is 0 Å². The molecule has 12 aromatic rings. The third-order valence-electron chi connectivity index (χ3n) is 14.4. The average molecular weight is 857 g/mol. The molecule has 0 unspecified atom stereocenters. The van der Waals surface area contributed by atoms with E-state index in [1.807, 2.05) is 0 Å². The van der Waals surface area contributed by atoms with Crippen LogP contribution in [0.1, 0.15) is 72.9 Å². The van der Waals surface area contributed by atoms with E-state index < -0.39 is 0 Å². The second-order valence-electron chi connectivity index (χ2n) is 19.1. The molecule has 322 valence electrons. The normalized spacial score (nSPS) is 12.2. The lowest BCUT2D eigenvalue weighted by Gasteiger charge is -2.29. The van der Waals surface area contributed by atoms with Gasteiger partial charge >= 0.3 is 0 Å². The van der Waals surface area contributed by atoms with E-state index in [1.54, 1.807) is 0 Å². The smallest absolute Gasteiger partial charge is 0.159 e. The van der Waals surface area contributed by atoms with Crippen molar-refractivity contribution >= 4 is 110 Å². The quantitative estimate of drug-likeness (QED) is 0.143. The van der Waals surface area contributed by atoms with Crippen molar-refractivity contribution in [3.63, 3.8) is 0 Å². The highest BCUT2D eigenvalue weighted by atomic mass is 16.3. The molecule has 0 N–H and O–H groups in total. The van der Waals surface area contributed by atoms with Gasteiger partial charge in [-0.2, -0.15) is 0 Å². The predicted molar refractivity (Wildman–Crippen MR) is 281 cm³/mol. The Balaban J connectivity index is 1.13. The number of aryl methyl sites for hydroxylation is 4. The number of anilines is 6. The van der Waals surface area contributed by atoms with Gasteiger partial charge in [0.1, 0.15) is 11.2 Å². The van der Waals surface area contributed by atoms with Crippen LogP contribution < -0.4 is 9.80 Å². The summed E-state index contributed by atoms with van der Waals surface area (Å²) < 4.78 is 14.1. The first-order valence-corrected chi connectivity index (χ1v) is 23.4. The van der Waals surface area contributed by atoms with Crippen molar-refractivity contribution in [2.45, 2.75) is 67.2 Å². The summed E-state index contributed by atoms with van der Waals surface area (Å²) in [6, 6.07) is 58.4. The van der Waals surface area contributed by atoms with Crippen LogP contribution in [-0.2, 0) is 0 Å². The Morgan fingerprint density at radius 2 is 0.712 bits per heavy atom. The van der Waals surface area contributed by atoms with E-state index in [0.29, 0.717) is 11.8 Å². The number of rotatable bonds is 8. The molecule has 0 fully saturated rings. The van der Waals surface area contributed by atoms with E-state index in [0.717, 1.165) is 78.0 Å². The van der Waals surface area contributed by atoms with Crippen molar-refractivity contribution < 1.29 is 8.83 Å². The van der Waals surface area contributed by atoms with E-state index in [9.17, 15) is 0 Å². The fourth-order valence-corrected chi connectivity index (χ4v) is 10.6. The van der Waals surface area contributed by atoms with Crippen molar-refractivity contribution in [2.75, 3.05) is 9.80 Å². The molecule has 0 bridgehead atoms. The van der Waals surface area contributed by atoms with Crippen LogP contribution in [0.5, 0.6) is 0 Å². The van der Waals surface area contributed by atoms with E-state index in [2.05, 4.69) is 223 Å². The summed E-state index contributed by atoms with van der Waals surface area (Å²) in [6.45, 7) is 17.7. The number of furan rings is 2. The number of hydrogen-bond acceptors (Lipinski definition) is 4. The SMILES string of the molecule is Cc1ccc(N(c2ccc3ccc4c(N(c5ccc(C)c(C)c5)c5cccc6c5oc5c(C(C)C)cccc56)ccc5ccc2c3c54)c2cccc3c2oc2c(C(C)C)cccc23)cc1C. The molecule has 0 aliphatic heterocycles. The topological polar surface area (TPSA) is 32.8 Å². The summed E-state index contributed by atoms with van der Waals surface area (Å²) in [7, 11) is 0. The highest BCUT2D eigenvalue weighted by Gasteiger charge is 2.27. The molecule has 0 aliphatic carbocycles. The summed E-state index contributed by atoms with van der Waals surface area (Å²) in [4.78, 5) is 4.85. The molecule has 4 heteroatoms. The standard InChI is InChI=1S/C62H52N2O2/c1-35(2)45-13-9-15-47-49-17-11-19-55(61(49)65-59(45)47)63(43-27-21-37(5)39(7)33-43)53-31-25-41-24-30-52-54(32-26-42-23-29-51(53)57(41)58(42)52)64(44-28-22-38(6)40(8)34-44)56-20-12-18-50-48-16-10-14-46(36(3)4)60(48)66-62(50)56/h9-36H,1-8H3. The lowest BCUT2D eigenvalue weighted by Crippen LogP contribution is -2.12. The maximum absolute atomic E-state index is 7.03. The zero-order chi connectivity index (χ0) is 45.1. The molecule has 0 saturated carbocycles. The summed E-state index contributed by atoms with van der Waals surface area (Å²) in [5.41, 5.74) is 17.5. The van der Waals surface area contributed by atoms with Crippen LogP contribution in [-0.4, -0.2) is 0 Å². The Morgan fingerprint density at radius 3 is 1.11 bits per heavy atom. The Kier molecular flexibility index (Phi) is 9.09. The van der Waals surface area contributed by atoms with Gasteiger partial charge in [-0.3, -0.25) is 0 Å². The summed E-state index contributed by atoms with van der Waals surface area (Å²) in [5.74, 6) is 0.651. The Labute approximate surface area is 385 Å². The molecule has 0 atom stereocenters. The molecule has 0 radical (unpaired) electrons. The first-order chi connectivity index (χ1) is 32.0. The molecule has 66 heavy (non-hydrogen) atoms. The number of para-hydroxylation sites is 4. The molecule has 2 aromatic heterocycles. The number of nitrogens with zero attached hydrogens (tertiary/aromatic N) is 2. The first-order valence-electron chi connectivity index (χ1n) is 23.4. The van der Waals surface area contributed by atoms with Gasteiger partial charge in [-0.25, -0.2) is 0 Å². The van der Waals surface area contributed by atoms with E-state index in [-0.39, 0.29) is 0 Å². The molecule has 0 spiro atoms. The van der Waals surface area contributed by atoms with Gasteiger partial charge in [-0.05, 0) is 143 Å². The van der Waals surface area contributed by atoms with E-state index >= 15 is 0 Å². The summed E-state index contributed by atoms with van der Waals surface area (Å²) >= 11 is 0. The molecule has 0 amide bonds. The predicted octanol–water partition coefficient (Wildman–Crippen LogP) is 18.8. The van der Waals surface area contributed by atoms with Crippen LogP contribution >= 0.6 is 0 Å². The second-order valence-corrected chi connectivity index (χ2v) is 19.1. The van der Waals surface area contributed by atoms with Gasteiger partial charge < -0.3 is 18.6 Å². The lowest BCUT2D eigenvalue weighted by molar-refractivity contribution is 0.657. The third-order valence-corrected chi connectivity index (χ3v) is 14.4. The average Bonchev–Trinajstić information content (AvgIpc) is 3.91. The van der Waals surface area contributed by atoms with Gasteiger partial charge in [0, 0.05) is 43.7 Å². The third kappa shape index (κ3) is 5.97. The number of benzene rings is 10. The Morgan fingerprint density at radius 1 is 0.333 bits per heavy atom. The highest BCUT2D eigenvalue weighted by molar-refractivity contribution is 6.29. The van der Waals surface area contributed by atoms with Gasteiger partial charge in [0.25, 0.3) is 0 Å². The molecular weight excluding hydrogens is 805 g/mol. The van der Waals surface area contributed by atoms with Crippen LogP contribution in [0.2, 0.25) is 0 Å².